The Hall–Kier alpha value is -1.46. The van der Waals surface area contributed by atoms with Crippen LogP contribution < -0.4 is 14.7 Å². The Morgan fingerprint density at radius 1 is 0.667 bits per heavy atom. The van der Waals surface area contributed by atoms with Crippen LogP contribution in [0, 0.1) is 0 Å². The van der Waals surface area contributed by atoms with E-state index in [0.29, 0.717) is 32.2 Å². The first kappa shape index (κ1) is 23.6. The number of para-hydroxylation sites is 1. The van der Waals surface area contributed by atoms with Gasteiger partial charge in [-0.15, -0.1) is 5.23 Å². The van der Waals surface area contributed by atoms with E-state index in [1.165, 1.54) is 5.23 Å². The van der Waals surface area contributed by atoms with Gasteiger partial charge in [-0.25, -0.2) is 9.68 Å². The van der Waals surface area contributed by atoms with E-state index in [2.05, 4.69) is 27.7 Å². The fraction of sp³-hybridized carbons (Fsp3) is 0.727. The number of unbranched alkanes of at least 4 members (excludes halogenated alkanes) is 4. The molecule has 0 fully saturated rings. The summed E-state index contributed by atoms with van der Waals surface area (Å²) < 4.78 is 12.1. The summed E-state index contributed by atoms with van der Waals surface area (Å²) in [7, 11) is 0. The molecule has 0 spiro atoms. The average Bonchev–Trinajstić information content (AvgIpc) is 2.68. The summed E-state index contributed by atoms with van der Waals surface area (Å²) in [6.45, 7) is 11.1. The molecular formula is C22H39NO4. The molecule has 0 aliphatic rings. The zero-order valence-electron chi connectivity index (χ0n) is 17.8. The number of hydrogen-bond donors (Lipinski definition) is 0. The van der Waals surface area contributed by atoms with Crippen LogP contribution in [-0.2, 0) is 9.68 Å². The lowest BCUT2D eigenvalue weighted by atomic mass is 10.2. The Bertz CT molecular complexity index is 471. The van der Waals surface area contributed by atoms with E-state index in [4.69, 9.17) is 19.1 Å². The van der Waals surface area contributed by atoms with Crippen LogP contribution in [0.5, 0.6) is 11.5 Å². The van der Waals surface area contributed by atoms with Crippen molar-refractivity contribution in [2.75, 3.05) is 31.7 Å². The largest absolute Gasteiger partial charge is 0.490 e. The molecule has 1 aromatic rings. The standard InChI is InChI=1S/C22H39NO4/c1-5-9-16-24-21-15-13-14-20(22(21)25-17-10-6-2)23(26-18-11-7-3)27-19-12-8-4/h13-15H,5-12,16-19H2,1-4H3. The van der Waals surface area contributed by atoms with E-state index in [1.807, 2.05) is 18.2 Å². The predicted molar refractivity (Wildman–Crippen MR) is 111 cm³/mol. The zero-order chi connectivity index (χ0) is 19.7. The summed E-state index contributed by atoms with van der Waals surface area (Å²) in [6, 6.07) is 5.88. The van der Waals surface area contributed by atoms with Crippen LogP contribution in [0.3, 0.4) is 0 Å². The van der Waals surface area contributed by atoms with Gasteiger partial charge >= 0.3 is 0 Å². The molecule has 0 amide bonds. The Morgan fingerprint density at radius 3 is 1.74 bits per heavy atom. The van der Waals surface area contributed by atoms with Crippen molar-refractivity contribution in [2.24, 2.45) is 0 Å². The van der Waals surface area contributed by atoms with Gasteiger partial charge in [0.15, 0.2) is 11.5 Å². The highest BCUT2D eigenvalue weighted by Gasteiger charge is 2.19. The van der Waals surface area contributed by atoms with Gasteiger partial charge in [0, 0.05) is 0 Å². The van der Waals surface area contributed by atoms with Crippen molar-refractivity contribution in [1.82, 2.24) is 0 Å². The van der Waals surface area contributed by atoms with E-state index < -0.39 is 0 Å². The van der Waals surface area contributed by atoms with E-state index in [9.17, 15) is 0 Å². The first-order valence-electron chi connectivity index (χ1n) is 10.7. The molecule has 0 bridgehead atoms. The fourth-order valence-electron chi connectivity index (χ4n) is 2.31. The van der Waals surface area contributed by atoms with Gasteiger partial charge in [-0.1, -0.05) is 59.4 Å². The van der Waals surface area contributed by atoms with Gasteiger partial charge in [-0.2, -0.15) is 0 Å². The quantitative estimate of drug-likeness (QED) is 0.233. The Balaban J connectivity index is 3.01. The molecule has 0 N–H and O–H groups in total. The van der Waals surface area contributed by atoms with Crippen molar-refractivity contribution in [1.29, 1.82) is 0 Å². The molecule has 5 heteroatoms. The third kappa shape index (κ3) is 9.34. The van der Waals surface area contributed by atoms with E-state index in [1.54, 1.807) is 0 Å². The number of rotatable bonds is 17. The molecule has 0 atom stereocenters. The molecule has 0 saturated carbocycles. The van der Waals surface area contributed by atoms with Crippen LogP contribution in [-0.4, -0.2) is 26.4 Å². The maximum absolute atomic E-state index is 6.11. The van der Waals surface area contributed by atoms with Crippen LogP contribution >= 0.6 is 0 Å². The molecule has 0 aliphatic heterocycles. The van der Waals surface area contributed by atoms with Crippen LogP contribution in [0.25, 0.3) is 0 Å². The lowest BCUT2D eigenvalue weighted by Crippen LogP contribution is -2.26. The third-order valence-electron chi connectivity index (χ3n) is 4.07. The Kier molecular flexibility index (Phi) is 13.6. The summed E-state index contributed by atoms with van der Waals surface area (Å²) in [5.74, 6) is 1.45. The number of nitrogens with zero attached hydrogens (tertiary/aromatic N) is 1. The lowest BCUT2D eigenvalue weighted by Gasteiger charge is -2.26. The second-order valence-electron chi connectivity index (χ2n) is 6.64. The smallest absolute Gasteiger partial charge is 0.189 e. The SMILES string of the molecule is CCCCOc1cccc(N(OCCCC)OCCCC)c1OCCCC. The van der Waals surface area contributed by atoms with Crippen molar-refractivity contribution in [3.05, 3.63) is 18.2 Å². The molecule has 5 nitrogen and oxygen atoms in total. The Labute approximate surface area is 165 Å². The van der Waals surface area contributed by atoms with Gasteiger partial charge < -0.3 is 9.47 Å². The Morgan fingerprint density at radius 2 is 1.19 bits per heavy atom. The lowest BCUT2D eigenvalue weighted by molar-refractivity contribution is -0.0917. The first-order valence-corrected chi connectivity index (χ1v) is 10.7. The van der Waals surface area contributed by atoms with Crippen LogP contribution in [0.15, 0.2) is 18.2 Å². The van der Waals surface area contributed by atoms with Gasteiger partial charge in [0.2, 0.25) is 0 Å². The molecule has 0 aromatic heterocycles. The normalized spacial score (nSPS) is 10.8. The minimum Gasteiger partial charge on any atom is -0.490 e. The monoisotopic (exact) mass is 381 g/mol. The molecule has 27 heavy (non-hydrogen) atoms. The van der Waals surface area contributed by atoms with Crippen LogP contribution in [0.4, 0.5) is 5.69 Å². The second kappa shape index (κ2) is 15.6. The second-order valence-corrected chi connectivity index (χ2v) is 6.64. The minimum absolute atomic E-state index is 0.609. The fourth-order valence-corrected chi connectivity index (χ4v) is 2.31. The number of anilines is 1. The zero-order valence-corrected chi connectivity index (χ0v) is 17.8. The number of benzene rings is 1. The number of ether oxygens (including phenoxy) is 2. The molecular weight excluding hydrogens is 342 g/mol. The minimum atomic E-state index is 0.609. The molecule has 0 saturated heterocycles. The summed E-state index contributed by atoms with van der Waals surface area (Å²) in [4.78, 5) is 11.8. The topological polar surface area (TPSA) is 40.2 Å². The van der Waals surface area contributed by atoms with Crippen LogP contribution in [0.2, 0.25) is 0 Å². The van der Waals surface area contributed by atoms with Crippen molar-refractivity contribution in [3.63, 3.8) is 0 Å². The molecule has 1 rings (SSSR count). The highest BCUT2D eigenvalue weighted by atomic mass is 16.9. The molecule has 0 aliphatic carbocycles. The van der Waals surface area contributed by atoms with Gasteiger partial charge in [-0.3, -0.25) is 0 Å². The molecule has 156 valence electrons. The highest BCUT2D eigenvalue weighted by Crippen LogP contribution is 2.38. The van der Waals surface area contributed by atoms with Gasteiger partial charge in [0.1, 0.15) is 5.69 Å². The van der Waals surface area contributed by atoms with Crippen molar-refractivity contribution in [2.45, 2.75) is 79.1 Å². The summed E-state index contributed by atoms with van der Waals surface area (Å²) in [6.07, 6.45) is 8.29. The number of hydrogen-bond acceptors (Lipinski definition) is 5. The molecule has 0 radical (unpaired) electrons. The first-order chi connectivity index (χ1) is 13.3. The maximum Gasteiger partial charge on any atom is 0.189 e. The molecule has 1 aromatic carbocycles. The van der Waals surface area contributed by atoms with E-state index >= 15 is 0 Å². The summed E-state index contributed by atoms with van der Waals surface area (Å²) in [5.41, 5.74) is 0.771. The highest BCUT2D eigenvalue weighted by molar-refractivity contribution is 5.62. The maximum atomic E-state index is 6.11. The van der Waals surface area contributed by atoms with Gasteiger partial charge in [0.05, 0.1) is 26.4 Å². The average molecular weight is 382 g/mol. The van der Waals surface area contributed by atoms with Crippen LogP contribution in [0.1, 0.15) is 79.1 Å². The van der Waals surface area contributed by atoms with Gasteiger partial charge in [0.25, 0.3) is 0 Å². The van der Waals surface area contributed by atoms with E-state index in [0.717, 1.165) is 62.8 Å². The van der Waals surface area contributed by atoms with Crippen molar-refractivity contribution in [3.8, 4) is 11.5 Å². The summed E-state index contributed by atoms with van der Waals surface area (Å²) >= 11 is 0. The van der Waals surface area contributed by atoms with E-state index in [-0.39, 0.29) is 0 Å². The third-order valence-corrected chi connectivity index (χ3v) is 4.07. The van der Waals surface area contributed by atoms with Crippen molar-refractivity contribution < 1.29 is 19.1 Å². The predicted octanol–water partition coefficient (Wildman–Crippen LogP) is 6.31. The summed E-state index contributed by atoms with van der Waals surface area (Å²) in [5, 5.41) is 1.53. The molecule has 0 unspecified atom stereocenters. The molecule has 0 heterocycles. The van der Waals surface area contributed by atoms with Gasteiger partial charge in [-0.05, 0) is 37.8 Å². The van der Waals surface area contributed by atoms with Crippen molar-refractivity contribution >= 4 is 5.69 Å².